The molecule has 0 saturated heterocycles. The van der Waals surface area contributed by atoms with Crippen LogP contribution in [0.5, 0.6) is 0 Å². The second kappa shape index (κ2) is 7.65. The molecular formula is C18H20N2O5. The molecule has 2 rings (SSSR count). The lowest BCUT2D eigenvalue weighted by Crippen LogP contribution is -2.52. The molecule has 0 spiro atoms. The number of carbonyl (C=O) groups excluding carboxylic acids is 3. The van der Waals surface area contributed by atoms with Crippen molar-refractivity contribution >= 4 is 23.5 Å². The lowest BCUT2D eigenvalue weighted by molar-refractivity contribution is -0.147. The van der Waals surface area contributed by atoms with Crippen molar-refractivity contribution in [1.29, 1.82) is 0 Å². The van der Waals surface area contributed by atoms with Crippen molar-refractivity contribution in [2.75, 3.05) is 12.4 Å². The number of hydrogen-bond acceptors (Lipinski definition) is 5. The predicted molar refractivity (Wildman–Crippen MR) is 91.3 cm³/mol. The number of benzene rings is 1. The Balaban J connectivity index is 2.13. The average molecular weight is 344 g/mol. The van der Waals surface area contributed by atoms with E-state index in [1.165, 1.54) is 25.5 Å². The zero-order valence-corrected chi connectivity index (χ0v) is 14.3. The largest absolute Gasteiger partial charge is 0.467 e. The first-order valence-electron chi connectivity index (χ1n) is 7.75. The van der Waals surface area contributed by atoms with Gasteiger partial charge in [-0.15, -0.1) is 0 Å². The van der Waals surface area contributed by atoms with Gasteiger partial charge < -0.3 is 19.8 Å². The minimum absolute atomic E-state index is 0.166. The van der Waals surface area contributed by atoms with Gasteiger partial charge in [-0.3, -0.25) is 9.59 Å². The molecule has 0 saturated carbocycles. The normalized spacial score (nSPS) is 12.8. The van der Waals surface area contributed by atoms with Crippen LogP contribution in [0.1, 0.15) is 41.2 Å². The molecule has 132 valence electrons. The highest BCUT2D eigenvalue weighted by Gasteiger charge is 2.34. The van der Waals surface area contributed by atoms with Crippen LogP contribution in [0.15, 0.2) is 47.1 Å². The molecule has 0 aliphatic heterocycles. The summed E-state index contributed by atoms with van der Waals surface area (Å²) in [6.07, 6.45) is 1.78. The van der Waals surface area contributed by atoms with Crippen molar-refractivity contribution in [3.63, 3.8) is 0 Å². The first-order chi connectivity index (χ1) is 11.9. The van der Waals surface area contributed by atoms with Crippen LogP contribution >= 0.6 is 0 Å². The third kappa shape index (κ3) is 4.26. The Morgan fingerprint density at radius 1 is 1.16 bits per heavy atom. The zero-order valence-electron chi connectivity index (χ0n) is 14.3. The summed E-state index contributed by atoms with van der Waals surface area (Å²) in [4.78, 5) is 36.3. The third-order valence-corrected chi connectivity index (χ3v) is 3.86. The van der Waals surface area contributed by atoms with Crippen LogP contribution in [-0.2, 0) is 9.53 Å². The third-order valence-electron chi connectivity index (χ3n) is 3.86. The minimum atomic E-state index is -1.13. The molecule has 1 aromatic carbocycles. The number of furan rings is 1. The smallest absolute Gasteiger partial charge is 0.331 e. The van der Waals surface area contributed by atoms with Gasteiger partial charge in [0.05, 0.1) is 13.4 Å². The molecule has 1 atom stereocenters. The Hall–Kier alpha value is -3.09. The summed E-state index contributed by atoms with van der Waals surface area (Å²) in [5.41, 5.74) is -0.384. The molecule has 0 fully saturated rings. The van der Waals surface area contributed by atoms with Crippen molar-refractivity contribution in [2.45, 2.75) is 25.8 Å². The fourth-order valence-electron chi connectivity index (χ4n) is 2.17. The summed E-state index contributed by atoms with van der Waals surface area (Å²) < 4.78 is 9.76. The number of anilines is 1. The van der Waals surface area contributed by atoms with E-state index in [1.807, 2.05) is 0 Å². The van der Waals surface area contributed by atoms with E-state index in [2.05, 4.69) is 10.6 Å². The highest BCUT2D eigenvalue weighted by Crippen LogP contribution is 2.16. The quantitative estimate of drug-likeness (QED) is 0.785. The molecule has 7 heteroatoms. The number of rotatable bonds is 6. The molecule has 1 heterocycles. The highest BCUT2D eigenvalue weighted by atomic mass is 16.5. The van der Waals surface area contributed by atoms with E-state index in [1.54, 1.807) is 38.1 Å². The molecule has 0 radical (unpaired) electrons. The van der Waals surface area contributed by atoms with Crippen LogP contribution in [0.3, 0.4) is 0 Å². The van der Waals surface area contributed by atoms with Crippen LogP contribution in [-0.4, -0.2) is 30.4 Å². The average Bonchev–Trinajstić information content (AvgIpc) is 3.15. The number of carbonyl (C=O) groups is 3. The molecular weight excluding hydrogens is 324 g/mol. The Kier molecular flexibility index (Phi) is 5.59. The van der Waals surface area contributed by atoms with E-state index >= 15 is 0 Å². The van der Waals surface area contributed by atoms with Crippen molar-refractivity contribution in [3.8, 4) is 0 Å². The van der Waals surface area contributed by atoms with Crippen LogP contribution in [0.2, 0.25) is 0 Å². The highest BCUT2D eigenvalue weighted by molar-refractivity contribution is 6.03. The molecule has 0 aliphatic rings. The maximum atomic E-state index is 12.5. The number of nitrogens with one attached hydrogen (secondary N) is 2. The number of hydrogen-bond donors (Lipinski definition) is 2. The summed E-state index contributed by atoms with van der Waals surface area (Å²) in [6, 6.07) is 9.53. The Bertz CT molecular complexity index is 770. The summed E-state index contributed by atoms with van der Waals surface area (Å²) in [5, 5.41) is 5.32. The van der Waals surface area contributed by atoms with Crippen LogP contribution < -0.4 is 10.6 Å². The molecule has 1 aromatic heterocycles. The fraction of sp³-hybridized carbons (Fsp3) is 0.278. The van der Waals surface area contributed by atoms with Gasteiger partial charge in [-0.25, -0.2) is 4.79 Å². The maximum Gasteiger partial charge on any atom is 0.331 e. The Morgan fingerprint density at radius 2 is 1.92 bits per heavy atom. The fourth-order valence-corrected chi connectivity index (χ4v) is 2.17. The predicted octanol–water partition coefficient (Wildman–Crippen LogP) is 2.60. The number of methoxy groups -OCH3 is 1. The molecule has 2 amide bonds. The lowest BCUT2D eigenvalue weighted by Gasteiger charge is -2.26. The SMILES string of the molecule is CCC(C)(NC(=O)c1cccc(NC(=O)c2ccco2)c1)C(=O)OC. The van der Waals surface area contributed by atoms with E-state index in [0.717, 1.165) is 0 Å². The van der Waals surface area contributed by atoms with Gasteiger partial charge in [0.25, 0.3) is 11.8 Å². The van der Waals surface area contributed by atoms with E-state index in [9.17, 15) is 14.4 Å². The van der Waals surface area contributed by atoms with Gasteiger partial charge in [-0.05, 0) is 43.7 Å². The monoisotopic (exact) mass is 344 g/mol. The van der Waals surface area contributed by atoms with Gasteiger partial charge in [0.1, 0.15) is 5.54 Å². The Labute approximate surface area is 145 Å². The molecule has 7 nitrogen and oxygen atoms in total. The Morgan fingerprint density at radius 3 is 2.52 bits per heavy atom. The van der Waals surface area contributed by atoms with E-state index in [-0.39, 0.29) is 5.76 Å². The van der Waals surface area contributed by atoms with E-state index < -0.39 is 23.3 Å². The van der Waals surface area contributed by atoms with Gasteiger partial charge >= 0.3 is 5.97 Å². The van der Waals surface area contributed by atoms with Crippen molar-refractivity contribution < 1.29 is 23.5 Å². The molecule has 2 N–H and O–H groups in total. The van der Waals surface area contributed by atoms with Crippen LogP contribution in [0.25, 0.3) is 0 Å². The van der Waals surface area contributed by atoms with Gasteiger partial charge in [0, 0.05) is 11.3 Å². The molecule has 2 aromatic rings. The lowest BCUT2D eigenvalue weighted by atomic mass is 9.98. The van der Waals surface area contributed by atoms with Crippen molar-refractivity contribution in [1.82, 2.24) is 5.32 Å². The summed E-state index contributed by atoms with van der Waals surface area (Å²) in [7, 11) is 1.27. The van der Waals surface area contributed by atoms with Gasteiger partial charge in [0.15, 0.2) is 5.76 Å². The zero-order chi connectivity index (χ0) is 18.4. The van der Waals surface area contributed by atoms with Crippen LogP contribution in [0.4, 0.5) is 5.69 Å². The van der Waals surface area contributed by atoms with Crippen LogP contribution in [0, 0.1) is 0 Å². The number of ether oxygens (including phenoxy) is 1. The molecule has 0 aliphatic carbocycles. The van der Waals surface area contributed by atoms with Gasteiger partial charge in [0.2, 0.25) is 0 Å². The molecule has 1 unspecified atom stereocenters. The number of amides is 2. The maximum absolute atomic E-state index is 12.5. The standard InChI is InChI=1S/C18H20N2O5/c1-4-18(2,17(23)24-3)20-15(21)12-7-5-8-13(11-12)19-16(22)14-9-6-10-25-14/h5-11H,4H2,1-3H3,(H,19,22)(H,20,21). The number of esters is 1. The van der Waals surface area contributed by atoms with Crippen molar-refractivity contribution in [3.05, 3.63) is 54.0 Å². The van der Waals surface area contributed by atoms with Gasteiger partial charge in [-0.1, -0.05) is 13.0 Å². The molecule has 0 bridgehead atoms. The first kappa shape index (κ1) is 18.3. The second-order valence-electron chi connectivity index (χ2n) is 5.64. The second-order valence-corrected chi connectivity index (χ2v) is 5.64. The van der Waals surface area contributed by atoms with E-state index in [0.29, 0.717) is 17.7 Å². The van der Waals surface area contributed by atoms with Crippen molar-refractivity contribution in [2.24, 2.45) is 0 Å². The summed E-state index contributed by atoms with van der Waals surface area (Å²) in [6.45, 7) is 3.37. The first-order valence-corrected chi connectivity index (χ1v) is 7.75. The summed E-state index contributed by atoms with van der Waals surface area (Å²) in [5.74, 6) is -1.22. The summed E-state index contributed by atoms with van der Waals surface area (Å²) >= 11 is 0. The minimum Gasteiger partial charge on any atom is -0.467 e. The van der Waals surface area contributed by atoms with Gasteiger partial charge in [-0.2, -0.15) is 0 Å². The molecule has 25 heavy (non-hydrogen) atoms. The topological polar surface area (TPSA) is 97.6 Å². The van der Waals surface area contributed by atoms with E-state index in [4.69, 9.17) is 9.15 Å².